The van der Waals surface area contributed by atoms with Crippen LogP contribution in [-0.4, -0.2) is 19.3 Å². The third-order valence-electron chi connectivity index (χ3n) is 4.55. The van der Waals surface area contributed by atoms with Crippen molar-refractivity contribution in [2.45, 2.75) is 0 Å². The van der Waals surface area contributed by atoms with Crippen molar-refractivity contribution >= 4 is 11.3 Å². The molecule has 30 heavy (non-hydrogen) atoms. The summed E-state index contributed by atoms with van der Waals surface area (Å²) >= 11 is 0. The molecule has 146 valence electrons. The van der Waals surface area contributed by atoms with Crippen molar-refractivity contribution in [1.29, 1.82) is 15.8 Å². The molecular formula is C23H16N4O3. The Balaban J connectivity index is 2.28. The lowest BCUT2D eigenvalue weighted by atomic mass is 9.91. The van der Waals surface area contributed by atoms with Crippen LogP contribution in [0.4, 0.5) is 0 Å². The molecule has 0 aromatic heterocycles. The number of phenolic OH excluding ortho intramolecular Hbond substituents is 1. The minimum atomic E-state index is -0.240. The lowest BCUT2D eigenvalue weighted by Gasteiger charge is -2.23. The Bertz CT molecular complexity index is 1200. The molecule has 7 nitrogen and oxygen atoms in total. The largest absolute Gasteiger partial charge is 0.507 e. The van der Waals surface area contributed by atoms with E-state index in [-0.39, 0.29) is 22.6 Å². The van der Waals surface area contributed by atoms with E-state index in [9.17, 15) is 20.9 Å². The Morgan fingerprint density at radius 2 is 1.57 bits per heavy atom. The number of hydrogen-bond acceptors (Lipinski definition) is 7. The predicted molar refractivity (Wildman–Crippen MR) is 110 cm³/mol. The zero-order chi connectivity index (χ0) is 21.7. The van der Waals surface area contributed by atoms with E-state index in [4.69, 9.17) is 9.47 Å². The number of allylic oxidation sites excluding steroid dienone is 4. The number of methoxy groups -OCH3 is 2. The third kappa shape index (κ3) is 3.67. The van der Waals surface area contributed by atoms with Gasteiger partial charge in [-0.2, -0.15) is 15.8 Å². The summed E-state index contributed by atoms with van der Waals surface area (Å²) in [5, 5.41) is 42.0. The highest BCUT2D eigenvalue weighted by Crippen LogP contribution is 2.37. The summed E-state index contributed by atoms with van der Waals surface area (Å²) in [4.78, 5) is 0. The van der Waals surface area contributed by atoms with Gasteiger partial charge in [0.1, 0.15) is 35.5 Å². The second kappa shape index (κ2) is 8.56. The molecule has 0 radical (unpaired) electrons. The van der Waals surface area contributed by atoms with Gasteiger partial charge in [0.25, 0.3) is 0 Å². The molecule has 0 saturated heterocycles. The Hall–Kier alpha value is -4.67. The first kappa shape index (κ1) is 20.1. The fourth-order valence-corrected chi connectivity index (χ4v) is 3.03. The quantitative estimate of drug-likeness (QED) is 0.757. The van der Waals surface area contributed by atoms with Gasteiger partial charge in [-0.25, -0.2) is 0 Å². The number of phenols is 1. The number of hydrogen-bond donors (Lipinski definition) is 2. The number of rotatable bonds is 4. The van der Waals surface area contributed by atoms with Crippen molar-refractivity contribution in [2.75, 3.05) is 14.2 Å². The number of nitrogens with one attached hydrogen (secondary N) is 1. The van der Waals surface area contributed by atoms with E-state index >= 15 is 0 Å². The minimum absolute atomic E-state index is 0.0580. The number of nitrogens with zero attached hydrogens (tertiary/aromatic N) is 3. The SMILES string of the molecule is COc1ccc(C2=C(C#N)C(=C(C#N)C#N)NC(c3ccc(OC)cc3O)=C2)cc1. The number of benzene rings is 2. The van der Waals surface area contributed by atoms with E-state index in [0.717, 1.165) is 0 Å². The molecule has 0 bridgehead atoms. The Kier molecular flexibility index (Phi) is 5.73. The van der Waals surface area contributed by atoms with E-state index in [2.05, 4.69) is 11.4 Å². The summed E-state index contributed by atoms with van der Waals surface area (Å²) in [7, 11) is 3.04. The molecule has 0 unspecified atom stereocenters. The van der Waals surface area contributed by atoms with Crippen LogP contribution in [0.5, 0.6) is 17.2 Å². The fourth-order valence-electron chi connectivity index (χ4n) is 3.03. The Morgan fingerprint density at radius 3 is 2.10 bits per heavy atom. The molecular weight excluding hydrogens is 380 g/mol. The molecule has 0 spiro atoms. The minimum Gasteiger partial charge on any atom is -0.507 e. The Labute approximate surface area is 173 Å². The molecule has 3 rings (SSSR count). The summed E-state index contributed by atoms with van der Waals surface area (Å²) < 4.78 is 10.3. The van der Waals surface area contributed by atoms with Crippen molar-refractivity contribution < 1.29 is 14.6 Å². The van der Waals surface area contributed by atoms with Gasteiger partial charge < -0.3 is 19.9 Å². The molecule has 1 aliphatic rings. The number of aromatic hydroxyl groups is 1. The van der Waals surface area contributed by atoms with Crippen molar-refractivity contribution in [1.82, 2.24) is 5.32 Å². The average molecular weight is 396 g/mol. The zero-order valence-corrected chi connectivity index (χ0v) is 16.2. The average Bonchev–Trinajstić information content (AvgIpc) is 2.79. The molecule has 1 heterocycles. The van der Waals surface area contributed by atoms with Gasteiger partial charge in [0.05, 0.1) is 31.2 Å². The lowest BCUT2D eigenvalue weighted by molar-refractivity contribution is 0.407. The van der Waals surface area contributed by atoms with Crippen molar-refractivity contribution in [2.24, 2.45) is 0 Å². The van der Waals surface area contributed by atoms with E-state index in [1.54, 1.807) is 49.6 Å². The molecule has 7 heteroatoms. The third-order valence-corrected chi connectivity index (χ3v) is 4.55. The molecule has 0 saturated carbocycles. The van der Waals surface area contributed by atoms with Gasteiger partial charge in [-0.15, -0.1) is 0 Å². The molecule has 2 aromatic carbocycles. The van der Waals surface area contributed by atoms with Crippen LogP contribution in [0, 0.1) is 34.0 Å². The van der Waals surface area contributed by atoms with Crippen molar-refractivity contribution in [3.63, 3.8) is 0 Å². The van der Waals surface area contributed by atoms with Crippen LogP contribution in [0.1, 0.15) is 11.1 Å². The van der Waals surface area contributed by atoms with Gasteiger partial charge in [-0.05, 0) is 35.9 Å². The molecule has 0 atom stereocenters. The van der Waals surface area contributed by atoms with Crippen LogP contribution >= 0.6 is 0 Å². The van der Waals surface area contributed by atoms with E-state index in [1.807, 2.05) is 12.1 Å². The van der Waals surface area contributed by atoms with E-state index in [1.165, 1.54) is 13.2 Å². The van der Waals surface area contributed by atoms with Crippen LogP contribution < -0.4 is 14.8 Å². The van der Waals surface area contributed by atoms with Crippen LogP contribution in [-0.2, 0) is 0 Å². The molecule has 0 amide bonds. The van der Waals surface area contributed by atoms with Gasteiger partial charge in [0.15, 0.2) is 5.57 Å². The first-order chi connectivity index (χ1) is 14.6. The first-order valence-corrected chi connectivity index (χ1v) is 8.76. The highest BCUT2D eigenvalue weighted by Gasteiger charge is 2.24. The lowest BCUT2D eigenvalue weighted by Crippen LogP contribution is -2.20. The monoisotopic (exact) mass is 396 g/mol. The second-order valence-corrected chi connectivity index (χ2v) is 6.17. The van der Waals surface area contributed by atoms with E-state index < -0.39 is 0 Å². The zero-order valence-electron chi connectivity index (χ0n) is 16.2. The summed E-state index contributed by atoms with van der Waals surface area (Å²) in [6.07, 6.45) is 1.69. The number of nitriles is 3. The summed E-state index contributed by atoms with van der Waals surface area (Å²) in [5.41, 5.74) is 2.03. The molecule has 0 aliphatic carbocycles. The molecule has 1 aliphatic heterocycles. The smallest absolute Gasteiger partial charge is 0.154 e. The summed E-state index contributed by atoms with van der Waals surface area (Å²) in [5.74, 6) is 1.06. The highest BCUT2D eigenvalue weighted by atomic mass is 16.5. The molecule has 2 aromatic rings. The maximum atomic E-state index is 10.5. The normalized spacial score (nSPS) is 12.6. The van der Waals surface area contributed by atoms with Gasteiger partial charge in [0.2, 0.25) is 0 Å². The Morgan fingerprint density at radius 1 is 0.933 bits per heavy atom. The number of dihydropyridines is 1. The van der Waals surface area contributed by atoms with Crippen LogP contribution in [0.25, 0.3) is 11.3 Å². The maximum Gasteiger partial charge on any atom is 0.154 e. The van der Waals surface area contributed by atoms with E-state index in [0.29, 0.717) is 33.9 Å². The second-order valence-electron chi connectivity index (χ2n) is 6.17. The van der Waals surface area contributed by atoms with Crippen LogP contribution in [0.2, 0.25) is 0 Å². The van der Waals surface area contributed by atoms with Gasteiger partial charge >= 0.3 is 0 Å². The number of ether oxygens (including phenoxy) is 2. The summed E-state index contributed by atoms with van der Waals surface area (Å²) in [6, 6.07) is 17.5. The van der Waals surface area contributed by atoms with Crippen LogP contribution in [0.15, 0.2) is 65.4 Å². The maximum absolute atomic E-state index is 10.5. The molecule has 2 N–H and O–H groups in total. The van der Waals surface area contributed by atoms with Crippen molar-refractivity contribution in [3.8, 4) is 35.5 Å². The van der Waals surface area contributed by atoms with Gasteiger partial charge in [-0.3, -0.25) is 0 Å². The highest BCUT2D eigenvalue weighted by molar-refractivity contribution is 5.94. The predicted octanol–water partition coefficient (Wildman–Crippen LogP) is 3.63. The fraction of sp³-hybridized carbons (Fsp3) is 0.0870. The summed E-state index contributed by atoms with van der Waals surface area (Å²) in [6.45, 7) is 0. The topological polar surface area (TPSA) is 122 Å². The van der Waals surface area contributed by atoms with Crippen molar-refractivity contribution in [3.05, 3.63) is 76.5 Å². The van der Waals surface area contributed by atoms with Gasteiger partial charge in [-0.1, -0.05) is 12.1 Å². The molecule has 0 fully saturated rings. The van der Waals surface area contributed by atoms with Gasteiger partial charge in [0, 0.05) is 17.2 Å². The standard InChI is InChI=1S/C23H16N4O3/c1-29-16-5-3-14(4-6-16)19-10-21(18-8-7-17(30-2)9-22(18)28)27-23(20(19)13-26)15(11-24)12-25/h3-10,27-28H,1-2H3. The van der Waals surface area contributed by atoms with Crippen LogP contribution in [0.3, 0.4) is 0 Å². The first-order valence-electron chi connectivity index (χ1n) is 8.76.